The average Bonchev–Trinajstić information content (AvgIpc) is 3.26. The fourth-order valence-corrected chi connectivity index (χ4v) is 10.7. The summed E-state index contributed by atoms with van der Waals surface area (Å²) >= 11 is 0. The van der Waals surface area contributed by atoms with Crippen LogP contribution in [0.1, 0.15) is 91.9 Å². The lowest BCUT2D eigenvalue weighted by Gasteiger charge is -2.65. The number of nitrogens with zero attached hydrogens (tertiary/aromatic N) is 1. The quantitative estimate of drug-likeness (QED) is 0.396. The number of methoxy groups -OCH3 is 1. The number of hydrogen-bond acceptors (Lipinski definition) is 6. The van der Waals surface area contributed by atoms with E-state index in [1.807, 2.05) is 0 Å². The summed E-state index contributed by atoms with van der Waals surface area (Å²) in [5, 5.41) is 0. The third-order valence-corrected chi connectivity index (χ3v) is 12.4. The van der Waals surface area contributed by atoms with Gasteiger partial charge in [-0.15, -0.1) is 0 Å². The monoisotopic (exact) mass is 485 g/mol. The molecule has 0 N–H and O–H groups in total. The van der Waals surface area contributed by atoms with Crippen LogP contribution < -0.4 is 0 Å². The first-order valence-corrected chi connectivity index (χ1v) is 13.8. The van der Waals surface area contributed by atoms with Crippen molar-refractivity contribution in [1.29, 1.82) is 0 Å². The molecule has 5 saturated carbocycles. The number of ketones is 1. The second-order valence-corrected chi connectivity index (χ2v) is 12.9. The number of aliphatic imine (C=N–C) groups is 1. The summed E-state index contributed by atoms with van der Waals surface area (Å²) in [7, 11) is 1.47. The van der Waals surface area contributed by atoms with Crippen LogP contribution in [0.4, 0.5) is 0 Å². The van der Waals surface area contributed by atoms with Crippen molar-refractivity contribution in [3.63, 3.8) is 0 Å². The van der Waals surface area contributed by atoms with Gasteiger partial charge in [-0.2, -0.15) is 0 Å². The predicted octanol–water partition coefficient (Wildman–Crippen LogP) is 5.17. The molecule has 0 radical (unpaired) electrons. The molecule has 194 valence electrons. The molecular formula is C29H43NO5. The van der Waals surface area contributed by atoms with Crippen molar-refractivity contribution in [2.75, 3.05) is 7.11 Å². The first-order valence-electron chi connectivity index (χ1n) is 13.8. The molecule has 10 atom stereocenters. The number of carbonyl (C=O) groups excluding carboxylic acids is 3. The molecule has 5 fully saturated rings. The van der Waals surface area contributed by atoms with E-state index in [-0.39, 0.29) is 51.7 Å². The van der Waals surface area contributed by atoms with E-state index >= 15 is 0 Å². The molecule has 0 bridgehead atoms. The van der Waals surface area contributed by atoms with Gasteiger partial charge in [0.25, 0.3) is 0 Å². The second kappa shape index (κ2) is 8.14. The second-order valence-electron chi connectivity index (χ2n) is 12.9. The van der Waals surface area contributed by atoms with E-state index in [1.165, 1.54) is 20.5 Å². The normalized spacial score (nSPS) is 50.0. The molecule has 0 aliphatic heterocycles. The first-order chi connectivity index (χ1) is 16.5. The third kappa shape index (κ3) is 3.13. The van der Waals surface area contributed by atoms with Gasteiger partial charge in [0.05, 0.1) is 12.6 Å². The standard InChI is InChI=1S/C29H43NO5/c1-17-20(7-8-25(33)34-6)28(17)12-10-21-22-16-24(32)23-15-19(35-18(2)31)9-11-27(23,4)29(22,30-5)14-13-26(21,28)3/h17,19-23H,5,7-16H2,1-4,6H3/t17-,19-,20?,21+,22+,23-,26+,27+,28?,29-/m1/s1. The van der Waals surface area contributed by atoms with E-state index in [0.717, 1.165) is 38.5 Å². The van der Waals surface area contributed by atoms with Gasteiger partial charge >= 0.3 is 11.9 Å². The summed E-state index contributed by atoms with van der Waals surface area (Å²) in [4.78, 5) is 42.2. The zero-order valence-corrected chi connectivity index (χ0v) is 22.2. The maximum Gasteiger partial charge on any atom is 0.305 e. The van der Waals surface area contributed by atoms with Crippen LogP contribution in [-0.4, -0.2) is 43.2 Å². The molecule has 0 amide bonds. The van der Waals surface area contributed by atoms with Crippen LogP contribution in [0.3, 0.4) is 0 Å². The number of hydrogen-bond donors (Lipinski definition) is 0. The Balaban J connectivity index is 1.43. The summed E-state index contributed by atoms with van der Waals surface area (Å²) in [5.41, 5.74) is -0.0820. The van der Waals surface area contributed by atoms with Crippen molar-refractivity contribution in [2.45, 2.75) is 104 Å². The number of ether oxygens (including phenoxy) is 2. The Morgan fingerprint density at radius 1 is 1.09 bits per heavy atom. The van der Waals surface area contributed by atoms with Crippen molar-refractivity contribution in [2.24, 2.45) is 50.8 Å². The summed E-state index contributed by atoms with van der Waals surface area (Å²) in [6.45, 7) is 12.8. The SMILES string of the molecule is C=N[C@]12CC[C@@]3(C)[C@@H](CCC34C(CCC(=O)OC)[C@H]4C)[C@@H]1CC(=O)[C@H]1C[C@H](OC(C)=O)CC[C@@]12C. The smallest absolute Gasteiger partial charge is 0.305 e. The number of esters is 2. The zero-order valence-electron chi connectivity index (χ0n) is 22.2. The van der Waals surface area contributed by atoms with Gasteiger partial charge in [-0.1, -0.05) is 20.8 Å². The highest BCUT2D eigenvalue weighted by molar-refractivity contribution is 5.84. The fraction of sp³-hybridized carbons (Fsp3) is 0.862. The zero-order chi connectivity index (χ0) is 25.4. The van der Waals surface area contributed by atoms with Crippen molar-refractivity contribution in [1.82, 2.24) is 0 Å². The average molecular weight is 486 g/mol. The number of carbonyl (C=O) groups is 3. The molecule has 0 aromatic heterocycles. The van der Waals surface area contributed by atoms with Crippen LogP contribution in [0.25, 0.3) is 0 Å². The van der Waals surface area contributed by atoms with Crippen LogP contribution in [0.5, 0.6) is 0 Å². The van der Waals surface area contributed by atoms with Crippen molar-refractivity contribution >= 4 is 24.4 Å². The summed E-state index contributed by atoms with van der Waals surface area (Å²) in [6, 6.07) is 0. The van der Waals surface area contributed by atoms with Gasteiger partial charge < -0.3 is 9.47 Å². The molecule has 5 aliphatic carbocycles. The Kier molecular flexibility index (Phi) is 5.80. The molecule has 0 saturated heterocycles. The number of Topliss-reactive ketones (excluding diaryl/α,β-unsaturated/α-hetero) is 1. The van der Waals surface area contributed by atoms with Gasteiger partial charge in [0.1, 0.15) is 11.9 Å². The molecule has 0 heterocycles. The maximum atomic E-state index is 13.7. The van der Waals surface area contributed by atoms with Crippen LogP contribution in [0.2, 0.25) is 0 Å². The highest BCUT2D eigenvalue weighted by Gasteiger charge is 2.78. The minimum atomic E-state index is -0.290. The van der Waals surface area contributed by atoms with Crippen molar-refractivity contribution in [3.8, 4) is 0 Å². The molecule has 5 aliphatic rings. The van der Waals surface area contributed by atoms with Gasteiger partial charge in [0.2, 0.25) is 0 Å². The summed E-state index contributed by atoms with van der Waals surface area (Å²) < 4.78 is 10.5. The largest absolute Gasteiger partial charge is 0.469 e. The highest BCUT2D eigenvalue weighted by atomic mass is 16.5. The molecule has 6 heteroatoms. The van der Waals surface area contributed by atoms with Gasteiger partial charge in [0, 0.05) is 31.1 Å². The molecule has 0 aromatic rings. The Morgan fingerprint density at radius 2 is 1.83 bits per heavy atom. The number of rotatable bonds is 5. The lowest BCUT2D eigenvalue weighted by atomic mass is 9.40. The predicted molar refractivity (Wildman–Crippen MR) is 133 cm³/mol. The lowest BCUT2D eigenvalue weighted by Crippen LogP contribution is -2.67. The number of fused-ring (bicyclic) bond motifs is 6. The van der Waals surface area contributed by atoms with E-state index in [2.05, 4.69) is 27.5 Å². The molecular weight excluding hydrogens is 442 g/mol. The molecule has 2 unspecified atom stereocenters. The molecule has 1 spiro atoms. The van der Waals surface area contributed by atoms with Crippen LogP contribution >= 0.6 is 0 Å². The van der Waals surface area contributed by atoms with Gasteiger partial charge in [-0.3, -0.25) is 19.4 Å². The Bertz CT molecular complexity index is 947. The van der Waals surface area contributed by atoms with Crippen molar-refractivity contribution < 1.29 is 23.9 Å². The van der Waals surface area contributed by atoms with Crippen LogP contribution in [0, 0.1) is 45.8 Å². The third-order valence-electron chi connectivity index (χ3n) is 12.4. The topological polar surface area (TPSA) is 82.0 Å². The summed E-state index contributed by atoms with van der Waals surface area (Å²) in [5.74, 6) is 1.70. The first kappa shape index (κ1) is 25.0. The lowest BCUT2D eigenvalue weighted by molar-refractivity contribution is -0.174. The molecule has 0 aromatic carbocycles. The van der Waals surface area contributed by atoms with Crippen molar-refractivity contribution in [3.05, 3.63) is 0 Å². The minimum absolute atomic E-state index is 0.112. The van der Waals surface area contributed by atoms with Crippen LogP contribution in [-0.2, 0) is 23.9 Å². The van der Waals surface area contributed by atoms with E-state index in [9.17, 15) is 14.4 Å². The summed E-state index contributed by atoms with van der Waals surface area (Å²) in [6.07, 6.45) is 8.49. The Labute approximate surface area is 210 Å². The van der Waals surface area contributed by atoms with Gasteiger partial charge in [-0.25, -0.2) is 0 Å². The molecule has 5 rings (SSSR count). The Hall–Kier alpha value is -1.72. The maximum absolute atomic E-state index is 13.7. The van der Waals surface area contributed by atoms with E-state index in [1.54, 1.807) is 0 Å². The van der Waals surface area contributed by atoms with Gasteiger partial charge in [0.15, 0.2) is 0 Å². The minimum Gasteiger partial charge on any atom is -0.469 e. The van der Waals surface area contributed by atoms with Crippen LogP contribution in [0.15, 0.2) is 4.99 Å². The van der Waals surface area contributed by atoms with Gasteiger partial charge in [-0.05, 0) is 92.6 Å². The molecule has 35 heavy (non-hydrogen) atoms. The molecule has 6 nitrogen and oxygen atoms in total. The fourth-order valence-electron chi connectivity index (χ4n) is 10.7. The Morgan fingerprint density at radius 3 is 2.49 bits per heavy atom. The van der Waals surface area contributed by atoms with E-state index < -0.39 is 0 Å². The van der Waals surface area contributed by atoms with E-state index in [0.29, 0.717) is 42.8 Å². The van der Waals surface area contributed by atoms with E-state index in [4.69, 9.17) is 14.5 Å². The highest BCUT2D eigenvalue weighted by Crippen LogP contribution is 2.82.